The predicted octanol–water partition coefficient (Wildman–Crippen LogP) is 3.77. The van der Waals surface area contributed by atoms with Crippen LogP contribution in [0.1, 0.15) is 33.3 Å². The summed E-state index contributed by atoms with van der Waals surface area (Å²) in [5.41, 5.74) is 7.56. The molecule has 0 aromatic heterocycles. The largest absolute Gasteiger partial charge is 0.394 e. The van der Waals surface area contributed by atoms with Crippen LogP contribution in [0.15, 0.2) is 46.4 Å². The van der Waals surface area contributed by atoms with Crippen molar-refractivity contribution in [3.05, 3.63) is 57.0 Å². The maximum Gasteiger partial charge on any atom is 0.272 e. The molecular weight excluding hydrogens is 359 g/mol. The predicted molar refractivity (Wildman–Crippen MR) is 106 cm³/mol. The number of rotatable bonds is 7. The monoisotopic (exact) mass is 382 g/mol. The van der Waals surface area contributed by atoms with Gasteiger partial charge in [0.2, 0.25) is 0 Å². The minimum atomic E-state index is -0.387. The molecule has 1 aromatic carbocycles. The van der Waals surface area contributed by atoms with Gasteiger partial charge in [0.05, 0.1) is 10.0 Å². The summed E-state index contributed by atoms with van der Waals surface area (Å²) in [5.74, 6) is 0.162. The minimum Gasteiger partial charge on any atom is -0.394 e. The highest BCUT2D eigenvalue weighted by atomic mass is 35.5. The number of nitrogens with zero attached hydrogens (tertiary/aromatic N) is 1. The van der Waals surface area contributed by atoms with Gasteiger partial charge in [-0.3, -0.25) is 9.79 Å². The van der Waals surface area contributed by atoms with Crippen molar-refractivity contribution in [1.29, 1.82) is 0 Å². The van der Waals surface area contributed by atoms with Gasteiger partial charge in [-0.05, 0) is 57.0 Å². The van der Waals surface area contributed by atoms with Crippen LogP contribution >= 0.6 is 23.2 Å². The van der Waals surface area contributed by atoms with E-state index in [9.17, 15) is 4.79 Å². The highest BCUT2D eigenvalue weighted by Gasteiger charge is 2.10. The Kier molecular flexibility index (Phi) is 8.52. The van der Waals surface area contributed by atoms with Gasteiger partial charge in [0.1, 0.15) is 11.5 Å². The van der Waals surface area contributed by atoms with Crippen LogP contribution in [0.4, 0.5) is 0 Å². The summed E-state index contributed by atoms with van der Waals surface area (Å²) in [7, 11) is 0. The maximum atomic E-state index is 12.2. The van der Waals surface area contributed by atoms with E-state index in [1.54, 1.807) is 31.3 Å². The zero-order chi connectivity index (χ0) is 19.0. The van der Waals surface area contributed by atoms with Crippen LogP contribution in [0, 0.1) is 0 Å². The molecule has 7 heteroatoms. The molecule has 0 radical (unpaired) electrons. The molecule has 0 aliphatic carbocycles. The molecule has 4 N–H and O–H groups in total. The molecule has 0 saturated heterocycles. The number of hydrogen-bond donors (Lipinski definition) is 3. The van der Waals surface area contributed by atoms with Gasteiger partial charge in [-0.15, -0.1) is 0 Å². The van der Waals surface area contributed by atoms with E-state index in [0.29, 0.717) is 28.0 Å². The third-order valence-corrected chi connectivity index (χ3v) is 3.98. The van der Waals surface area contributed by atoms with Crippen molar-refractivity contribution in [3.63, 3.8) is 0 Å². The summed E-state index contributed by atoms with van der Waals surface area (Å²) >= 11 is 11.9. The topological polar surface area (TPSA) is 79.5 Å². The lowest BCUT2D eigenvalue weighted by Crippen LogP contribution is -2.34. The normalized spacial score (nSPS) is 13.2. The molecule has 25 heavy (non-hydrogen) atoms. The first-order valence-corrected chi connectivity index (χ1v) is 8.65. The van der Waals surface area contributed by atoms with E-state index in [1.165, 1.54) is 0 Å². The number of amides is 1. The number of benzene rings is 1. The molecule has 0 bridgehead atoms. The van der Waals surface area contributed by atoms with Gasteiger partial charge in [-0.1, -0.05) is 29.3 Å². The van der Waals surface area contributed by atoms with E-state index >= 15 is 0 Å². The van der Waals surface area contributed by atoms with Crippen molar-refractivity contribution < 1.29 is 4.79 Å². The number of carbonyl (C=O) groups is 1. The molecule has 0 heterocycles. The molecule has 5 nitrogen and oxygen atoms in total. The first kappa shape index (κ1) is 21.1. The van der Waals surface area contributed by atoms with E-state index in [4.69, 9.17) is 28.9 Å². The van der Waals surface area contributed by atoms with Gasteiger partial charge < -0.3 is 16.4 Å². The number of carbonyl (C=O) groups excluding carboxylic acids is 1. The fourth-order valence-electron chi connectivity index (χ4n) is 1.76. The fourth-order valence-corrected chi connectivity index (χ4v) is 2.09. The summed E-state index contributed by atoms with van der Waals surface area (Å²) in [4.78, 5) is 16.5. The Morgan fingerprint density at radius 3 is 2.56 bits per heavy atom. The van der Waals surface area contributed by atoms with Crippen LogP contribution in [-0.4, -0.2) is 18.2 Å². The Labute approximate surface area is 159 Å². The van der Waals surface area contributed by atoms with Crippen LogP contribution in [0.3, 0.4) is 0 Å². The van der Waals surface area contributed by atoms with Crippen LogP contribution in [0.5, 0.6) is 0 Å². The molecule has 1 aromatic rings. The number of nitrogens with two attached hydrogens (primary N) is 1. The highest BCUT2D eigenvalue weighted by Crippen LogP contribution is 2.22. The summed E-state index contributed by atoms with van der Waals surface area (Å²) in [6.45, 7) is 7.94. The molecule has 0 aliphatic heterocycles. The van der Waals surface area contributed by atoms with Gasteiger partial charge in [0, 0.05) is 18.8 Å². The maximum absolute atomic E-state index is 12.2. The average molecular weight is 383 g/mol. The van der Waals surface area contributed by atoms with Crippen molar-refractivity contribution in [1.82, 2.24) is 10.6 Å². The summed E-state index contributed by atoms with van der Waals surface area (Å²) < 4.78 is 0. The van der Waals surface area contributed by atoms with E-state index in [1.807, 2.05) is 26.8 Å². The van der Waals surface area contributed by atoms with Crippen molar-refractivity contribution in [2.45, 2.75) is 40.3 Å². The van der Waals surface area contributed by atoms with E-state index in [-0.39, 0.29) is 17.6 Å². The standard InChI is InChI=1S/C18H24Cl2N4O/c1-5-16(23-10-13-6-7-14(19)15(20)8-13)24-18(25)17(21)12(4)9-22-11(2)3/h5-9,11,23H,10,21H2,1-4H3,(H,24,25)/b16-5+,17-12?,22-9?. The molecule has 0 spiro atoms. The summed E-state index contributed by atoms with van der Waals surface area (Å²) in [5, 5.41) is 6.85. The molecule has 0 fully saturated rings. The van der Waals surface area contributed by atoms with Gasteiger partial charge in [0.25, 0.3) is 5.91 Å². The lowest BCUT2D eigenvalue weighted by molar-refractivity contribution is -0.117. The van der Waals surface area contributed by atoms with Crippen molar-refractivity contribution in [2.24, 2.45) is 10.7 Å². The van der Waals surface area contributed by atoms with Crippen molar-refractivity contribution in [3.8, 4) is 0 Å². The first-order chi connectivity index (χ1) is 11.7. The molecule has 0 unspecified atom stereocenters. The molecule has 1 amide bonds. The van der Waals surface area contributed by atoms with Crippen molar-refractivity contribution in [2.75, 3.05) is 0 Å². The van der Waals surface area contributed by atoms with E-state index < -0.39 is 0 Å². The highest BCUT2D eigenvalue weighted by molar-refractivity contribution is 6.42. The number of aliphatic imine (C=N–C) groups is 1. The molecule has 0 atom stereocenters. The third kappa shape index (κ3) is 7.20. The van der Waals surface area contributed by atoms with E-state index in [2.05, 4.69) is 15.6 Å². The Bertz CT molecular complexity index is 709. The Morgan fingerprint density at radius 1 is 1.32 bits per heavy atom. The number of allylic oxidation sites excluding steroid dienone is 2. The SMILES string of the molecule is C/C=C(\NCc1ccc(Cl)c(Cl)c1)NC(=O)C(N)=C(C)C=NC(C)C. The molecule has 0 saturated carbocycles. The second kappa shape index (κ2) is 10.1. The lowest BCUT2D eigenvalue weighted by Gasteiger charge is -2.13. The van der Waals surface area contributed by atoms with Gasteiger partial charge in [-0.2, -0.15) is 0 Å². The Balaban J connectivity index is 2.70. The first-order valence-electron chi connectivity index (χ1n) is 7.89. The van der Waals surface area contributed by atoms with Crippen LogP contribution in [0.25, 0.3) is 0 Å². The van der Waals surface area contributed by atoms with Gasteiger partial charge in [-0.25, -0.2) is 0 Å². The quantitative estimate of drug-likeness (QED) is 0.495. The van der Waals surface area contributed by atoms with Gasteiger partial charge in [0.15, 0.2) is 0 Å². The van der Waals surface area contributed by atoms with Crippen molar-refractivity contribution >= 4 is 35.3 Å². The van der Waals surface area contributed by atoms with Crippen LogP contribution < -0.4 is 16.4 Å². The van der Waals surface area contributed by atoms with E-state index in [0.717, 1.165) is 5.56 Å². The Hall–Kier alpha value is -1.98. The van der Waals surface area contributed by atoms with Gasteiger partial charge >= 0.3 is 0 Å². The Morgan fingerprint density at radius 2 is 2.00 bits per heavy atom. The minimum absolute atomic E-state index is 0.125. The molecule has 1 rings (SSSR count). The molecule has 0 aliphatic rings. The smallest absolute Gasteiger partial charge is 0.272 e. The fraction of sp³-hybridized carbons (Fsp3) is 0.333. The number of hydrogen-bond acceptors (Lipinski definition) is 4. The molecular formula is C18H24Cl2N4O. The third-order valence-electron chi connectivity index (χ3n) is 3.24. The average Bonchev–Trinajstić information content (AvgIpc) is 2.58. The second-order valence-electron chi connectivity index (χ2n) is 5.73. The summed E-state index contributed by atoms with van der Waals surface area (Å²) in [6, 6.07) is 5.50. The lowest BCUT2D eigenvalue weighted by atomic mass is 10.2. The number of nitrogens with one attached hydrogen (secondary N) is 2. The van der Waals surface area contributed by atoms with Crippen LogP contribution in [0.2, 0.25) is 10.0 Å². The molecule has 136 valence electrons. The second-order valence-corrected chi connectivity index (χ2v) is 6.54. The zero-order valence-corrected chi connectivity index (χ0v) is 16.4. The zero-order valence-electron chi connectivity index (χ0n) is 14.9. The summed E-state index contributed by atoms with van der Waals surface area (Å²) in [6.07, 6.45) is 3.36. The number of halogens is 2. The van der Waals surface area contributed by atoms with Crippen LogP contribution in [-0.2, 0) is 11.3 Å².